The van der Waals surface area contributed by atoms with Crippen LogP contribution in [0.1, 0.15) is 0 Å². The van der Waals surface area contributed by atoms with Crippen LogP contribution >= 0.6 is 0 Å². The van der Waals surface area contributed by atoms with Crippen molar-refractivity contribution < 1.29 is 4.39 Å². The van der Waals surface area contributed by atoms with Crippen molar-refractivity contribution >= 4 is 10.9 Å². The highest BCUT2D eigenvalue weighted by Gasteiger charge is 2.08. The van der Waals surface area contributed by atoms with Crippen molar-refractivity contribution in [3.8, 4) is 22.4 Å². The van der Waals surface area contributed by atoms with E-state index in [0.717, 1.165) is 33.3 Å². The molecule has 0 aliphatic heterocycles. The van der Waals surface area contributed by atoms with E-state index in [4.69, 9.17) is 0 Å². The lowest BCUT2D eigenvalue weighted by Crippen LogP contribution is -1.90. The van der Waals surface area contributed by atoms with E-state index in [1.165, 1.54) is 18.5 Å². The Hall–Kier alpha value is -3.14. The lowest BCUT2D eigenvalue weighted by molar-refractivity contribution is 0.628. The van der Waals surface area contributed by atoms with E-state index >= 15 is 0 Å². The second-order valence-electron chi connectivity index (χ2n) is 5.20. The highest BCUT2D eigenvalue weighted by molar-refractivity contribution is 5.94. The van der Waals surface area contributed by atoms with Gasteiger partial charge in [0.1, 0.15) is 12.1 Å². The lowest BCUT2D eigenvalue weighted by atomic mass is 10.0. The van der Waals surface area contributed by atoms with Crippen molar-refractivity contribution in [2.24, 2.45) is 0 Å². The summed E-state index contributed by atoms with van der Waals surface area (Å²) in [5, 5.41) is 0.942. The molecule has 110 valence electrons. The number of halogens is 1. The maximum Gasteiger partial charge on any atom is 0.123 e. The summed E-state index contributed by atoms with van der Waals surface area (Å²) in [6.07, 6.45) is 5.07. The number of hydrogen-bond acceptors (Lipinski definition) is 3. The van der Waals surface area contributed by atoms with E-state index in [-0.39, 0.29) is 5.82 Å². The largest absolute Gasteiger partial charge is 0.265 e. The number of hydrogen-bond donors (Lipinski definition) is 0. The van der Waals surface area contributed by atoms with E-state index < -0.39 is 0 Å². The topological polar surface area (TPSA) is 38.7 Å². The first-order chi connectivity index (χ1) is 11.3. The number of benzene rings is 2. The Labute approximate surface area is 132 Å². The van der Waals surface area contributed by atoms with Gasteiger partial charge in [0.2, 0.25) is 0 Å². The number of nitrogens with zero attached hydrogens (tertiary/aromatic N) is 3. The van der Waals surface area contributed by atoms with Gasteiger partial charge in [-0.1, -0.05) is 6.07 Å². The van der Waals surface area contributed by atoms with Crippen molar-refractivity contribution in [1.29, 1.82) is 0 Å². The summed E-state index contributed by atoms with van der Waals surface area (Å²) < 4.78 is 13.1. The van der Waals surface area contributed by atoms with Crippen molar-refractivity contribution in [3.05, 3.63) is 79.1 Å². The third-order valence-corrected chi connectivity index (χ3v) is 3.77. The molecule has 2 aromatic carbocycles. The third kappa shape index (κ3) is 2.55. The third-order valence-electron chi connectivity index (χ3n) is 3.77. The lowest BCUT2D eigenvalue weighted by Gasteiger charge is -2.07. The van der Waals surface area contributed by atoms with Crippen LogP contribution in [0.5, 0.6) is 0 Å². The molecular weight excluding hydrogens is 289 g/mol. The predicted octanol–water partition coefficient (Wildman–Crippen LogP) is 4.50. The standard InChI is InChI=1S/C19H12FN3/c20-16-4-1-14(2-5-16)19-17-6-3-15(11-18(17)22-12-23-19)13-7-9-21-10-8-13/h1-12H. The van der Waals surface area contributed by atoms with Gasteiger partial charge in [-0.3, -0.25) is 4.98 Å². The Balaban J connectivity index is 1.87. The summed E-state index contributed by atoms with van der Waals surface area (Å²) in [7, 11) is 0. The van der Waals surface area contributed by atoms with Crippen LogP contribution in [0.2, 0.25) is 0 Å². The van der Waals surface area contributed by atoms with E-state index in [2.05, 4.69) is 15.0 Å². The fourth-order valence-corrected chi connectivity index (χ4v) is 2.62. The minimum atomic E-state index is -0.257. The van der Waals surface area contributed by atoms with Gasteiger partial charge in [0.05, 0.1) is 11.2 Å². The molecular formula is C19H12FN3. The van der Waals surface area contributed by atoms with Gasteiger partial charge in [0.25, 0.3) is 0 Å². The average Bonchev–Trinajstić information content (AvgIpc) is 2.62. The van der Waals surface area contributed by atoms with Crippen molar-refractivity contribution in [3.63, 3.8) is 0 Å². The van der Waals surface area contributed by atoms with Gasteiger partial charge in [0, 0.05) is 23.3 Å². The zero-order chi connectivity index (χ0) is 15.6. The quantitative estimate of drug-likeness (QED) is 0.547. The molecule has 0 saturated heterocycles. The van der Waals surface area contributed by atoms with E-state index in [1.54, 1.807) is 24.5 Å². The van der Waals surface area contributed by atoms with Crippen LogP contribution in [0.3, 0.4) is 0 Å². The smallest absolute Gasteiger partial charge is 0.123 e. The van der Waals surface area contributed by atoms with Gasteiger partial charge in [-0.2, -0.15) is 0 Å². The van der Waals surface area contributed by atoms with E-state index in [1.807, 2.05) is 30.3 Å². The van der Waals surface area contributed by atoms with Crippen LogP contribution in [0.25, 0.3) is 33.3 Å². The second kappa shape index (κ2) is 5.57. The summed E-state index contributed by atoms with van der Waals surface area (Å²) in [4.78, 5) is 12.8. The van der Waals surface area contributed by atoms with E-state index in [0.29, 0.717) is 0 Å². The molecule has 23 heavy (non-hydrogen) atoms. The Bertz CT molecular complexity index is 967. The second-order valence-corrected chi connectivity index (χ2v) is 5.20. The maximum absolute atomic E-state index is 13.1. The van der Waals surface area contributed by atoms with Crippen LogP contribution in [0, 0.1) is 5.82 Å². The van der Waals surface area contributed by atoms with Crippen molar-refractivity contribution in [2.45, 2.75) is 0 Å². The molecule has 2 aromatic heterocycles. The van der Waals surface area contributed by atoms with Crippen LogP contribution in [0.4, 0.5) is 4.39 Å². The Morgan fingerprint density at radius 1 is 0.696 bits per heavy atom. The van der Waals surface area contributed by atoms with Crippen LogP contribution < -0.4 is 0 Å². The van der Waals surface area contributed by atoms with Gasteiger partial charge in [-0.05, 0) is 59.7 Å². The maximum atomic E-state index is 13.1. The Morgan fingerprint density at radius 3 is 2.22 bits per heavy atom. The summed E-state index contributed by atoms with van der Waals surface area (Å²) in [6.45, 7) is 0. The average molecular weight is 301 g/mol. The highest BCUT2D eigenvalue weighted by atomic mass is 19.1. The minimum Gasteiger partial charge on any atom is -0.265 e. The first-order valence-electron chi connectivity index (χ1n) is 7.22. The molecule has 0 saturated carbocycles. The van der Waals surface area contributed by atoms with Gasteiger partial charge in [-0.25, -0.2) is 14.4 Å². The van der Waals surface area contributed by atoms with E-state index in [9.17, 15) is 4.39 Å². The predicted molar refractivity (Wildman–Crippen MR) is 88.2 cm³/mol. The normalized spacial score (nSPS) is 10.8. The summed E-state index contributed by atoms with van der Waals surface area (Å²) in [6, 6.07) is 16.3. The number of rotatable bonds is 2. The van der Waals surface area contributed by atoms with Crippen LogP contribution in [0.15, 0.2) is 73.3 Å². The minimum absolute atomic E-state index is 0.257. The molecule has 0 N–H and O–H groups in total. The fourth-order valence-electron chi connectivity index (χ4n) is 2.62. The zero-order valence-electron chi connectivity index (χ0n) is 12.1. The monoisotopic (exact) mass is 301 g/mol. The first-order valence-corrected chi connectivity index (χ1v) is 7.22. The highest BCUT2D eigenvalue weighted by Crippen LogP contribution is 2.28. The van der Waals surface area contributed by atoms with Gasteiger partial charge in [-0.15, -0.1) is 0 Å². The SMILES string of the molecule is Fc1ccc(-c2ncnc3cc(-c4ccncc4)ccc23)cc1. The molecule has 0 atom stereocenters. The zero-order valence-corrected chi connectivity index (χ0v) is 12.1. The number of fused-ring (bicyclic) bond motifs is 1. The molecule has 0 bridgehead atoms. The summed E-state index contributed by atoms with van der Waals surface area (Å²) in [5.74, 6) is -0.257. The van der Waals surface area contributed by atoms with Gasteiger partial charge < -0.3 is 0 Å². The molecule has 0 amide bonds. The molecule has 0 aliphatic rings. The van der Waals surface area contributed by atoms with Gasteiger partial charge in [0.15, 0.2) is 0 Å². The molecule has 0 fully saturated rings. The Morgan fingerprint density at radius 2 is 1.43 bits per heavy atom. The summed E-state index contributed by atoms with van der Waals surface area (Å²) in [5.41, 5.74) is 4.69. The van der Waals surface area contributed by atoms with Crippen LogP contribution in [-0.4, -0.2) is 15.0 Å². The van der Waals surface area contributed by atoms with Crippen molar-refractivity contribution in [2.75, 3.05) is 0 Å². The molecule has 0 aliphatic carbocycles. The molecule has 0 radical (unpaired) electrons. The van der Waals surface area contributed by atoms with Gasteiger partial charge >= 0.3 is 0 Å². The van der Waals surface area contributed by atoms with Crippen LogP contribution in [-0.2, 0) is 0 Å². The molecule has 2 heterocycles. The molecule has 4 aromatic rings. The number of pyridine rings is 1. The molecule has 4 rings (SSSR count). The molecule has 0 spiro atoms. The number of aromatic nitrogens is 3. The molecule has 0 unspecified atom stereocenters. The first kappa shape index (κ1) is 13.5. The molecule has 3 nitrogen and oxygen atoms in total. The molecule has 4 heteroatoms. The summed E-state index contributed by atoms with van der Waals surface area (Å²) >= 11 is 0. The fraction of sp³-hybridized carbons (Fsp3) is 0. The Kier molecular flexibility index (Phi) is 3.27. The van der Waals surface area contributed by atoms with Crippen molar-refractivity contribution in [1.82, 2.24) is 15.0 Å².